The summed E-state index contributed by atoms with van der Waals surface area (Å²) in [6.07, 6.45) is 5.76. The van der Waals surface area contributed by atoms with Gasteiger partial charge in [0.2, 0.25) is 0 Å². The molecule has 0 unspecified atom stereocenters. The molecule has 0 spiro atoms. The number of nitrogens with one attached hydrogen (secondary N) is 1. The molecule has 0 bridgehead atoms. The van der Waals surface area contributed by atoms with Crippen LogP contribution in [0.3, 0.4) is 0 Å². The molecule has 1 saturated carbocycles. The van der Waals surface area contributed by atoms with Crippen LogP contribution in [0.1, 0.15) is 61.1 Å². The number of pyridine rings is 1. The molecule has 38 heavy (non-hydrogen) atoms. The van der Waals surface area contributed by atoms with Crippen LogP contribution in [0.5, 0.6) is 5.75 Å². The largest absolute Gasteiger partial charge is 0.495 e. The molecule has 2 aromatic heterocycles. The number of aryl methyl sites for hydroxylation is 1. The number of nitrogens with zero attached hydrogens (tertiary/aromatic N) is 6. The summed E-state index contributed by atoms with van der Waals surface area (Å²) >= 11 is 0. The summed E-state index contributed by atoms with van der Waals surface area (Å²) in [7, 11) is 1.71. The Morgan fingerprint density at radius 1 is 1.00 bits per heavy atom. The van der Waals surface area contributed by atoms with Gasteiger partial charge in [-0.2, -0.15) is 0 Å². The number of aromatic nitrogens is 5. The third-order valence-electron chi connectivity index (χ3n) is 8.11. The van der Waals surface area contributed by atoms with Crippen LogP contribution in [0.25, 0.3) is 10.9 Å². The third-order valence-corrected chi connectivity index (χ3v) is 8.11. The van der Waals surface area contributed by atoms with Gasteiger partial charge in [-0.1, -0.05) is 43.0 Å². The van der Waals surface area contributed by atoms with Gasteiger partial charge in [0.25, 0.3) is 5.56 Å². The van der Waals surface area contributed by atoms with Crippen LogP contribution in [0.4, 0.5) is 5.69 Å². The Labute approximate surface area is 222 Å². The van der Waals surface area contributed by atoms with Gasteiger partial charge in [-0.05, 0) is 65.9 Å². The minimum Gasteiger partial charge on any atom is -0.495 e. The Bertz CT molecular complexity index is 1470. The maximum absolute atomic E-state index is 13.6. The van der Waals surface area contributed by atoms with Crippen LogP contribution in [0.2, 0.25) is 0 Å². The highest BCUT2D eigenvalue weighted by Crippen LogP contribution is 2.35. The molecular weight excluding hydrogens is 478 g/mol. The number of fused-ring (bicyclic) bond motifs is 1. The molecule has 0 radical (unpaired) electrons. The SMILES string of the molecule is COc1ccccc1N1CCN([C@@H](c2cc3cc(C)ccc3[nH]c2=O)c2nnnn2C2CCCCC2)CC1. The molecule has 1 atom stereocenters. The predicted octanol–water partition coefficient (Wildman–Crippen LogP) is 4.25. The maximum Gasteiger partial charge on any atom is 0.253 e. The fourth-order valence-electron chi connectivity index (χ4n) is 6.12. The minimum absolute atomic E-state index is 0.0864. The van der Waals surface area contributed by atoms with Crippen molar-refractivity contribution in [2.45, 2.75) is 51.1 Å². The van der Waals surface area contributed by atoms with Crippen molar-refractivity contribution in [3.8, 4) is 5.75 Å². The van der Waals surface area contributed by atoms with E-state index in [2.05, 4.69) is 49.4 Å². The number of para-hydroxylation sites is 2. The highest BCUT2D eigenvalue weighted by atomic mass is 16.5. The van der Waals surface area contributed by atoms with E-state index in [1.165, 1.54) is 19.3 Å². The first kappa shape index (κ1) is 24.6. The van der Waals surface area contributed by atoms with E-state index in [0.717, 1.165) is 72.7 Å². The van der Waals surface area contributed by atoms with Crippen molar-refractivity contribution < 1.29 is 4.74 Å². The molecule has 1 aliphatic heterocycles. The summed E-state index contributed by atoms with van der Waals surface area (Å²) in [4.78, 5) is 21.4. The Balaban J connectivity index is 1.39. The van der Waals surface area contributed by atoms with Gasteiger partial charge in [-0.25, -0.2) is 4.68 Å². The van der Waals surface area contributed by atoms with Crippen molar-refractivity contribution in [2.75, 3.05) is 38.2 Å². The van der Waals surface area contributed by atoms with Crippen LogP contribution >= 0.6 is 0 Å². The Morgan fingerprint density at radius 3 is 2.58 bits per heavy atom. The number of anilines is 1. The summed E-state index contributed by atoms with van der Waals surface area (Å²) in [6.45, 7) is 5.23. The number of ether oxygens (including phenoxy) is 1. The molecule has 6 rings (SSSR count). The Kier molecular flexibility index (Phi) is 6.84. The molecule has 2 aromatic carbocycles. The van der Waals surface area contributed by atoms with Gasteiger partial charge in [0.05, 0.1) is 18.8 Å². The van der Waals surface area contributed by atoms with E-state index in [9.17, 15) is 4.79 Å². The van der Waals surface area contributed by atoms with Crippen molar-refractivity contribution in [1.82, 2.24) is 30.1 Å². The molecule has 2 aliphatic rings. The number of piperazine rings is 1. The second kappa shape index (κ2) is 10.6. The number of methoxy groups -OCH3 is 1. The normalized spacial score (nSPS) is 18.1. The van der Waals surface area contributed by atoms with Crippen LogP contribution < -0.4 is 15.2 Å². The fourth-order valence-corrected chi connectivity index (χ4v) is 6.12. The number of aromatic amines is 1. The highest BCUT2D eigenvalue weighted by molar-refractivity contribution is 5.79. The van der Waals surface area contributed by atoms with Gasteiger partial charge < -0.3 is 14.6 Å². The molecule has 1 saturated heterocycles. The number of hydrogen-bond donors (Lipinski definition) is 1. The second-order valence-corrected chi connectivity index (χ2v) is 10.5. The van der Waals surface area contributed by atoms with Crippen LogP contribution in [-0.4, -0.2) is 63.4 Å². The van der Waals surface area contributed by atoms with Gasteiger partial charge in [0, 0.05) is 37.3 Å². The van der Waals surface area contributed by atoms with E-state index in [4.69, 9.17) is 4.74 Å². The number of hydrogen-bond acceptors (Lipinski definition) is 7. The van der Waals surface area contributed by atoms with E-state index >= 15 is 0 Å². The van der Waals surface area contributed by atoms with Crippen LogP contribution in [0, 0.1) is 6.92 Å². The van der Waals surface area contributed by atoms with E-state index in [1.807, 2.05) is 41.1 Å². The standard InChI is InChI=1S/C29H35N7O2/c1-20-12-13-24-21(18-20)19-23(29(37)30-24)27(28-31-32-33-36(28)22-8-4-3-5-9-22)35-16-14-34(15-17-35)25-10-6-7-11-26(25)38-2/h6-7,10-13,18-19,22,27H,3-5,8-9,14-17H2,1-2H3,(H,30,37)/t27-/m0/s1. The van der Waals surface area contributed by atoms with E-state index in [1.54, 1.807) is 7.11 Å². The lowest BCUT2D eigenvalue weighted by Crippen LogP contribution is -2.49. The lowest BCUT2D eigenvalue weighted by atomic mass is 9.95. The second-order valence-electron chi connectivity index (χ2n) is 10.5. The molecular formula is C29H35N7O2. The first-order valence-corrected chi connectivity index (χ1v) is 13.7. The average molecular weight is 514 g/mol. The zero-order valence-electron chi connectivity index (χ0n) is 22.1. The molecule has 1 aliphatic carbocycles. The van der Waals surface area contributed by atoms with Gasteiger partial charge in [0.1, 0.15) is 11.8 Å². The quantitative estimate of drug-likeness (QED) is 0.412. The summed E-state index contributed by atoms with van der Waals surface area (Å²) < 4.78 is 7.63. The van der Waals surface area contributed by atoms with Crippen LogP contribution in [-0.2, 0) is 0 Å². The monoisotopic (exact) mass is 513 g/mol. The summed E-state index contributed by atoms with van der Waals surface area (Å²) in [5.74, 6) is 1.64. The van der Waals surface area contributed by atoms with Crippen molar-refractivity contribution >= 4 is 16.6 Å². The number of rotatable bonds is 6. The Hall–Kier alpha value is -3.72. The van der Waals surface area contributed by atoms with Gasteiger partial charge in [-0.15, -0.1) is 5.10 Å². The summed E-state index contributed by atoms with van der Waals surface area (Å²) in [5, 5.41) is 14.2. The van der Waals surface area contributed by atoms with Crippen molar-refractivity contribution in [1.29, 1.82) is 0 Å². The zero-order valence-corrected chi connectivity index (χ0v) is 22.1. The van der Waals surface area contributed by atoms with E-state index in [-0.39, 0.29) is 17.6 Å². The van der Waals surface area contributed by atoms with Crippen LogP contribution in [0.15, 0.2) is 53.3 Å². The lowest BCUT2D eigenvalue weighted by molar-refractivity contribution is 0.192. The zero-order chi connectivity index (χ0) is 26.1. The first-order chi connectivity index (χ1) is 18.6. The topological polar surface area (TPSA) is 92.2 Å². The minimum atomic E-state index is -0.333. The van der Waals surface area contributed by atoms with Crippen molar-refractivity contribution in [2.24, 2.45) is 0 Å². The van der Waals surface area contributed by atoms with E-state index in [0.29, 0.717) is 5.56 Å². The lowest BCUT2D eigenvalue weighted by Gasteiger charge is -2.40. The molecule has 2 fully saturated rings. The fraction of sp³-hybridized carbons (Fsp3) is 0.448. The average Bonchev–Trinajstić information content (AvgIpc) is 3.44. The molecule has 3 heterocycles. The number of H-pyrrole nitrogens is 1. The highest BCUT2D eigenvalue weighted by Gasteiger charge is 2.34. The van der Waals surface area contributed by atoms with E-state index < -0.39 is 0 Å². The Morgan fingerprint density at radius 2 is 1.79 bits per heavy atom. The molecule has 198 valence electrons. The molecule has 4 aromatic rings. The molecule has 0 amide bonds. The molecule has 1 N–H and O–H groups in total. The molecule has 9 heteroatoms. The number of benzene rings is 2. The smallest absolute Gasteiger partial charge is 0.253 e. The van der Waals surface area contributed by atoms with Crippen molar-refractivity contribution in [3.05, 3.63) is 75.8 Å². The maximum atomic E-state index is 13.6. The third kappa shape index (κ3) is 4.67. The number of tetrazole rings is 1. The molecule has 9 nitrogen and oxygen atoms in total. The van der Waals surface area contributed by atoms with Crippen molar-refractivity contribution in [3.63, 3.8) is 0 Å². The summed E-state index contributed by atoms with van der Waals surface area (Å²) in [6, 6.07) is 16.2. The van der Waals surface area contributed by atoms with Gasteiger partial charge in [-0.3, -0.25) is 9.69 Å². The van der Waals surface area contributed by atoms with Gasteiger partial charge in [0.15, 0.2) is 5.82 Å². The van der Waals surface area contributed by atoms with Gasteiger partial charge >= 0.3 is 0 Å². The predicted molar refractivity (Wildman–Crippen MR) is 148 cm³/mol. The first-order valence-electron chi connectivity index (χ1n) is 13.7. The summed E-state index contributed by atoms with van der Waals surface area (Å²) in [5.41, 5.74) is 3.70.